The number of para-hydroxylation sites is 1. The normalized spacial score (nSPS) is 20.5. The Balaban J connectivity index is 1.36. The van der Waals surface area contributed by atoms with Crippen LogP contribution in [0.1, 0.15) is 42.0 Å². The van der Waals surface area contributed by atoms with E-state index in [4.69, 9.17) is 4.74 Å². The van der Waals surface area contributed by atoms with Crippen LogP contribution in [0.15, 0.2) is 53.4 Å². The van der Waals surface area contributed by atoms with Gasteiger partial charge in [-0.05, 0) is 69.5 Å². The number of nitrogens with zero attached hydrogens (tertiary/aromatic N) is 3. The maximum Gasteiger partial charge on any atom is 0.276 e. The number of morpholine rings is 1. The topological polar surface area (TPSA) is 93.5 Å². The minimum atomic E-state index is -3.68. The van der Waals surface area contributed by atoms with Crippen molar-refractivity contribution in [2.24, 2.45) is 0 Å². The van der Waals surface area contributed by atoms with Gasteiger partial charge in [-0.15, -0.1) is 0 Å². The molecular weight excluding hydrogens is 471 g/mol. The fraction of sp³-hybridized carbons (Fsp3) is 0.360. The molecule has 2 heterocycles. The van der Waals surface area contributed by atoms with Gasteiger partial charge in [-0.25, -0.2) is 17.5 Å². The highest BCUT2D eigenvalue weighted by Crippen LogP contribution is 2.29. The lowest BCUT2D eigenvalue weighted by Crippen LogP contribution is -2.48. The summed E-state index contributed by atoms with van der Waals surface area (Å²) in [5, 5.41) is 7.24. The minimum absolute atomic E-state index is 0.154. The monoisotopic (exact) mass is 498 g/mol. The molecule has 3 aromatic rings. The summed E-state index contributed by atoms with van der Waals surface area (Å²) in [7, 11) is -3.68. The lowest BCUT2D eigenvalue weighted by atomic mass is 10.2. The van der Waals surface area contributed by atoms with Gasteiger partial charge in [-0.2, -0.15) is 9.40 Å². The van der Waals surface area contributed by atoms with Crippen molar-refractivity contribution in [2.45, 2.75) is 50.2 Å². The average molecular weight is 499 g/mol. The third kappa shape index (κ3) is 4.49. The standard InChI is InChI=1S/C25H27FN4O4S/c1-16-14-29(15-17(2)34-16)35(32,33)19-12-10-18(11-13-19)27-25(31)24-20-6-5-9-22(20)30(28-24)23-8-4-3-7-21(23)26/h3-4,7-8,10-13,16-17H,5-6,9,14-15H2,1-2H3,(H,27,31). The van der Waals surface area contributed by atoms with Crippen LogP contribution in [0, 0.1) is 5.82 Å². The fourth-order valence-electron chi connectivity index (χ4n) is 4.82. The van der Waals surface area contributed by atoms with Crippen molar-refractivity contribution in [1.82, 2.24) is 14.1 Å². The average Bonchev–Trinajstić information content (AvgIpc) is 3.42. The summed E-state index contributed by atoms with van der Waals surface area (Å²) in [6.07, 6.45) is 1.92. The number of amides is 1. The predicted molar refractivity (Wildman–Crippen MR) is 129 cm³/mol. The number of carbonyl (C=O) groups is 1. The van der Waals surface area contributed by atoms with Crippen LogP contribution in [0.4, 0.5) is 10.1 Å². The van der Waals surface area contributed by atoms with Crippen molar-refractivity contribution in [3.05, 3.63) is 71.3 Å². The van der Waals surface area contributed by atoms with E-state index in [0.717, 1.165) is 24.1 Å². The number of sulfonamides is 1. The number of rotatable bonds is 5. The summed E-state index contributed by atoms with van der Waals surface area (Å²) in [6, 6.07) is 12.4. The summed E-state index contributed by atoms with van der Waals surface area (Å²) in [4.78, 5) is 13.2. The van der Waals surface area contributed by atoms with Crippen molar-refractivity contribution in [2.75, 3.05) is 18.4 Å². The van der Waals surface area contributed by atoms with E-state index in [1.165, 1.54) is 27.2 Å². The van der Waals surface area contributed by atoms with E-state index in [2.05, 4.69) is 10.4 Å². The van der Waals surface area contributed by atoms with E-state index in [1.54, 1.807) is 30.3 Å². The van der Waals surface area contributed by atoms with Gasteiger partial charge in [0, 0.05) is 30.0 Å². The van der Waals surface area contributed by atoms with Gasteiger partial charge in [0.1, 0.15) is 11.5 Å². The minimum Gasteiger partial charge on any atom is -0.373 e. The molecule has 1 N–H and O–H groups in total. The number of nitrogens with one attached hydrogen (secondary N) is 1. The van der Waals surface area contributed by atoms with E-state index in [1.807, 2.05) is 13.8 Å². The van der Waals surface area contributed by atoms with Crippen LogP contribution in [0.25, 0.3) is 5.69 Å². The molecule has 8 nitrogen and oxygen atoms in total. The molecule has 0 spiro atoms. The smallest absolute Gasteiger partial charge is 0.276 e. The molecule has 2 aliphatic rings. The number of ether oxygens (including phenoxy) is 1. The summed E-state index contributed by atoms with van der Waals surface area (Å²) < 4.78 is 49.1. The molecule has 5 rings (SSSR count). The zero-order chi connectivity index (χ0) is 24.7. The van der Waals surface area contributed by atoms with Gasteiger partial charge in [0.25, 0.3) is 5.91 Å². The molecule has 1 aliphatic carbocycles. The maximum atomic E-state index is 14.4. The molecule has 184 valence electrons. The molecule has 1 saturated heterocycles. The van der Waals surface area contributed by atoms with Gasteiger partial charge in [0.05, 0.1) is 17.1 Å². The summed E-state index contributed by atoms with van der Waals surface area (Å²) in [6.45, 7) is 4.28. The van der Waals surface area contributed by atoms with Crippen LogP contribution in [-0.2, 0) is 27.6 Å². The summed E-state index contributed by atoms with van der Waals surface area (Å²) in [5.74, 6) is -0.817. The van der Waals surface area contributed by atoms with Crippen molar-refractivity contribution >= 4 is 21.6 Å². The Morgan fingerprint density at radius 1 is 1.06 bits per heavy atom. The number of hydrogen-bond acceptors (Lipinski definition) is 5. The van der Waals surface area contributed by atoms with E-state index >= 15 is 0 Å². The lowest BCUT2D eigenvalue weighted by Gasteiger charge is -2.34. The Kier molecular flexibility index (Phi) is 6.20. The van der Waals surface area contributed by atoms with Gasteiger partial charge in [0.15, 0.2) is 5.69 Å². The molecular formula is C25H27FN4O4S. The van der Waals surface area contributed by atoms with Crippen LogP contribution in [0.2, 0.25) is 0 Å². The SMILES string of the molecule is CC1CN(S(=O)(=O)c2ccc(NC(=O)c3nn(-c4ccccc4F)c4c3CCC4)cc2)CC(C)O1. The van der Waals surface area contributed by atoms with Crippen LogP contribution in [0.5, 0.6) is 0 Å². The molecule has 10 heteroatoms. The second-order valence-corrected chi connectivity index (χ2v) is 11.0. The van der Waals surface area contributed by atoms with Gasteiger partial charge >= 0.3 is 0 Å². The molecule has 0 radical (unpaired) electrons. The highest BCUT2D eigenvalue weighted by Gasteiger charge is 2.32. The van der Waals surface area contributed by atoms with Gasteiger partial charge < -0.3 is 10.1 Å². The highest BCUT2D eigenvalue weighted by atomic mass is 32.2. The molecule has 1 aromatic heterocycles. The lowest BCUT2D eigenvalue weighted by molar-refractivity contribution is -0.0440. The molecule has 0 saturated carbocycles. The van der Waals surface area contributed by atoms with Crippen molar-refractivity contribution in [1.29, 1.82) is 0 Å². The molecule has 2 unspecified atom stereocenters. The number of anilines is 1. The first-order valence-electron chi connectivity index (χ1n) is 11.7. The first-order chi connectivity index (χ1) is 16.7. The summed E-state index contributed by atoms with van der Waals surface area (Å²) in [5.41, 5.74) is 2.68. The second-order valence-electron chi connectivity index (χ2n) is 9.05. The molecule has 2 atom stereocenters. The van der Waals surface area contributed by atoms with Crippen molar-refractivity contribution in [3.63, 3.8) is 0 Å². The second kappa shape index (κ2) is 9.18. The quantitative estimate of drug-likeness (QED) is 0.581. The van der Waals surface area contributed by atoms with E-state index in [-0.39, 0.29) is 22.8 Å². The Morgan fingerprint density at radius 3 is 2.43 bits per heavy atom. The van der Waals surface area contributed by atoms with Crippen LogP contribution < -0.4 is 5.32 Å². The third-order valence-corrected chi connectivity index (χ3v) is 8.21. The number of aromatic nitrogens is 2. The number of carbonyl (C=O) groups excluding carboxylic acids is 1. The molecule has 1 fully saturated rings. The first kappa shape index (κ1) is 23.7. The first-order valence-corrected chi connectivity index (χ1v) is 13.1. The van der Waals surface area contributed by atoms with Gasteiger partial charge in [-0.1, -0.05) is 12.1 Å². The fourth-order valence-corrected chi connectivity index (χ4v) is 6.41. The zero-order valence-electron chi connectivity index (χ0n) is 19.6. The van der Waals surface area contributed by atoms with Crippen molar-refractivity contribution in [3.8, 4) is 5.69 Å². The third-order valence-electron chi connectivity index (χ3n) is 6.36. The molecule has 35 heavy (non-hydrogen) atoms. The van der Waals surface area contributed by atoms with E-state index in [9.17, 15) is 17.6 Å². The Bertz CT molecular complexity index is 1360. The Labute approximate surface area is 203 Å². The number of halogens is 1. The maximum absolute atomic E-state index is 14.4. The summed E-state index contributed by atoms with van der Waals surface area (Å²) >= 11 is 0. The predicted octanol–water partition coefficient (Wildman–Crippen LogP) is 3.55. The van der Waals surface area contributed by atoms with Crippen LogP contribution >= 0.6 is 0 Å². The molecule has 2 aromatic carbocycles. The van der Waals surface area contributed by atoms with E-state index in [0.29, 0.717) is 30.9 Å². The number of hydrogen-bond donors (Lipinski definition) is 1. The van der Waals surface area contributed by atoms with E-state index < -0.39 is 21.7 Å². The number of benzene rings is 2. The number of fused-ring (bicyclic) bond motifs is 1. The zero-order valence-corrected chi connectivity index (χ0v) is 20.4. The Hall–Kier alpha value is -3.08. The van der Waals surface area contributed by atoms with Crippen molar-refractivity contribution < 1.29 is 22.3 Å². The molecule has 1 aliphatic heterocycles. The molecule has 0 bridgehead atoms. The van der Waals surface area contributed by atoms with Crippen LogP contribution in [0.3, 0.4) is 0 Å². The largest absolute Gasteiger partial charge is 0.373 e. The molecule has 1 amide bonds. The van der Waals surface area contributed by atoms with Gasteiger partial charge in [0.2, 0.25) is 10.0 Å². The van der Waals surface area contributed by atoms with Gasteiger partial charge in [-0.3, -0.25) is 4.79 Å². The van der Waals surface area contributed by atoms with Crippen LogP contribution in [-0.4, -0.2) is 53.7 Å². The Morgan fingerprint density at radius 2 is 1.74 bits per heavy atom. The highest BCUT2D eigenvalue weighted by molar-refractivity contribution is 7.89.